The SMILES string of the molecule is CC(O)CNC(=O)COc1cnc2ccccc2c1. The van der Waals surface area contributed by atoms with E-state index < -0.39 is 6.10 Å². The highest BCUT2D eigenvalue weighted by molar-refractivity contribution is 5.80. The fourth-order valence-electron chi connectivity index (χ4n) is 1.59. The second-order valence-electron chi connectivity index (χ2n) is 4.31. The monoisotopic (exact) mass is 260 g/mol. The van der Waals surface area contributed by atoms with Crippen molar-refractivity contribution in [2.45, 2.75) is 13.0 Å². The maximum absolute atomic E-state index is 11.4. The van der Waals surface area contributed by atoms with Gasteiger partial charge in [-0.1, -0.05) is 18.2 Å². The molecule has 0 aliphatic rings. The lowest BCUT2D eigenvalue weighted by molar-refractivity contribution is -0.123. The van der Waals surface area contributed by atoms with Crippen LogP contribution in [0, 0.1) is 0 Å². The summed E-state index contributed by atoms with van der Waals surface area (Å²) >= 11 is 0. The first-order chi connectivity index (χ1) is 9.15. The maximum atomic E-state index is 11.4. The first kappa shape index (κ1) is 13.3. The van der Waals surface area contributed by atoms with Gasteiger partial charge in [-0.25, -0.2) is 0 Å². The molecule has 0 aliphatic heterocycles. The first-order valence-corrected chi connectivity index (χ1v) is 6.07. The summed E-state index contributed by atoms with van der Waals surface area (Å²) in [5, 5.41) is 12.6. The zero-order valence-electron chi connectivity index (χ0n) is 10.7. The van der Waals surface area contributed by atoms with Gasteiger partial charge in [0, 0.05) is 11.9 Å². The van der Waals surface area contributed by atoms with Gasteiger partial charge in [-0.15, -0.1) is 0 Å². The minimum Gasteiger partial charge on any atom is -0.482 e. The summed E-state index contributed by atoms with van der Waals surface area (Å²) in [4.78, 5) is 15.7. The zero-order chi connectivity index (χ0) is 13.7. The lowest BCUT2D eigenvalue weighted by Crippen LogP contribution is -2.34. The van der Waals surface area contributed by atoms with Gasteiger partial charge in [0.2, 0.25) is 0 Å². The lowest BCUT2D eigenvalue weighted by atomic mass is 10.2. The number of ether oxygens (including phenoxy) is 1. The molecule has 1 amide bonds. The third-order valence-corrected chi connectivity index (χ3v) is 2.53. The normalized spacial score (nSPS) is 12.1. The van der Waals surface area contributed by atoms with Crippen LogP contribution in [0.3, 0.4) is 0 Å². The zero-order valence-corrected chi connectivity index (χ0v) is 10.7. The van der Waals surface area contributed by atoms with Crippen LogP contribution in [0.2, 0.25) is 0 Å². The summed E-state index contributed by atoms with van der Waals surface area (Å²) in [6, 6.07) is 9.52. The molecule has 1 heterocycles. The Bertz CT molecular complexity index is 569. The summed E-state index contributed by atoms with van der Waals surface area (Å²) in [6.45, 7) is 1.74. The van der Waals surface area contributed by atoms with E-state index in [0.717, 1.165) is 10.9 Å². The largest absolute Gasteiger partial charge is 0.482 e. The van der Waals surface area contributed by atoms with Crippen LogP contribution in [-0.2, 0) is 4.79 Å². The summed E-state index contributed by atoms with van der Waals surface area (Å²) in [7, 11) is 0. The number of para-hydroxylation sites is 1. The molecule has 0 spiro atoms. The molecule has 5 heteroatoms. The van der Waals surface area contributed by atoms with Gasteiger partial charge < -0.3 is 15.2 Å². The van der Waals surface area contributed by atoms with Crippen molar-refractivity contribution in [2.75, 3.05) is 13.2 Å². The number of aliphatic hydroxyl groups excluding tert-OH is 1. The smallest absolute Gasteiger partial charge is 0.258 e. The maximum Gasteiger partial charge on any atom is 0.258 e. The Morgan fingerprint density at radius 3 is 3.05 bits per heavy atom. The van der Waals surface area contributed by atoms with Crippen LogP contribution in [0.15, 0.2) is 36.5 Å². The summed E-state index contributed by atoms with van der Waals surface area (Å²) < 4.78 is 5.35. The van der Waals surface area contributed by atoms with Gasteiger partial charge in [0.15, 0.2) is 6.61 Å². The Labute approximate surface area is 111 Å². The van der Waals surface area contributed by atoms with Crippen LogP contribution in [-0.4, -0.2) is 35.3 Å². The van der Waals surface area contributed by atoms with E-state index in [4.69, 9.17) is 9.84 Å². The topological polar surface area (TPSA) is 71.5 Å². The van der Waals surface area contributed by atoms with Gasteiger partial charge in [-0.05, 0) is 19.1 Å². The molecule has 1 aromatic heterocycles. The first-order valence-electron chi connectivity index (χ1n) is 6.07. The van der Waals surface area contributed by atoms with Crippen molar-refractivity contribution in [3.8, 4) is 5.75 Å². The Balaban J connectivity index is 1.92. The number of carbonyl (C=O) groups is 1. The highest BCUT2D eigenvalue weighted by atomic mass is 16.5. The average Bonchev–Trinajstić information content (AvgIpc) is 2.42. The molecule has 2 rings (SSSR count). The van der Waals surface area contributed by atoms with E-state index in [2.05, 4.69) is 10.3 Å². The molecule has 1 atom stereocenters. The van der Waals surface area contributed by atoms with Crippen molar-refractivity contribution < 1.29 is 14.6 Å². The van der Waals surface area contributed by atoms with E-state index in [0.29, 0.717) is 5.75 Å². The third-order valence-electron chi connectivity index (χ3n) is 2.53. The van der Waals surface area contributed by atoms with Crippen LogP contribution in [0.5, 0.6) is 5.75 Å². The molecular weight excluding hydrogens is 244 g/mol. The minimum absolute atomic E-state index is 0.0905. The molecule has 5 nitrogen and oxygen atoms in total. The average molecular weight is 260 g/mol. The predicted octanol–water partition coefficient (Wildman–Crippen LogP) is 1.11. The van der Waals surface area contributed by atoms with E-state index in [1.807, 2.05) is 30.3 Å². The van der Waals surface area contributed by atoms with Gasteiger partial charge >= 0.3 is 0 Å². The Kier molecular flexibility index (Phi) is 4.30. The van der Waals surface area contributed by atoms with Crippen LogP contribution < -0.4 is 10.1 Å². The predicted molar refractivity (Wildman–Crippen MR) is 71.9 cm³/mol. The summed E-state index contributed by atoms with van der Waals surface area (Å²) in [5.74, 6) is 0.278. The van der Waals surface area contributed by atoms with E-state index in [-0.39, 0.29) is 19.1 Å². The number of carbonyl (C=O) groups excluding carboxylic acids is 1. The highest BCUT2D eigenvalue weighted by Crippen LogP contribution is 2.17. The fraction of sp³-hybridized carbons (Fsp3) is 0.286. The standard InChI is InChI=1S/C14H16N2O3/c1-10(17)7-16-14(18)9-19-12-6-11-4-2-3-5-13(11)15-8-12/h2-6,8,10,17H,7,9H2,1H3,(H,16,18). The van der Waals surface area contributed by atoms with Crippen molar-refractivity contribution in [1.29, 1.82) is 0 Å². The molecule has 19 heavy (non-hydrogen) atoms. The summed E-state index contributed by atoms with van der Waals surface area (Å²) in [6.07, 6.45) is 1.02. The van der Waals surface area contributed by atoms with Gasteiger partial charge in [-0.2, -0.15) is 0 Å². The number of pyridine rings is 1. The van der Waals surface area contributed by atoms with Gasteiger partial charge in [0.1, 0.15) is 5.75 Å². The molecule has 0 bridgehead atoms. The van der Waals surface area contributed by atoms with Gasteiger partial charge in [0.25, 0.3) is 5.91 Å². The van der Waals surface area contributed by atoms with Crippen molar-refractivity contribution >= 4 is 16.8 Å². The van der Waals surface area contributed by atoms with Crippen molar-refractivity contribution in [2.24, 2.45) is 0 Å². The lowest BCUT2D eigenvalue weighted by Gasteiger charge is -2.09. The molecule has 0 aliphatic carbocycles. The second kappa shape index (κ2) is 6.15. The van der Waals surface area contributed by atoms with E-state index in [1.54, 1.807) is 13.1 Å². The number of nitrogens with one attached hydrogen (secondary N) is 1. The minimum atomic E-state index is -0.564. The van der Waals surface area contributed by atoms with Crippen LogP contribution in [0.1, 0.15) is 6.92 Å². The second-order valence-corrected chi connectivity index (χ2v) is 4.31. The Morgan fingerprint density at radius 1 is 1.47 bits per heavy atom. The molecule has 0 saturated heterocycles. The number of fused-ring (bicyclic) bond motifs is 1. The molecule has 0 radical (unpaired) electrons. The van der Waals surface area contributed by atoms with Crippen molar-refractivity contribution in [3.63, 3.8) is 0 Å². The molecular formula is C14H16N2O3. The number of hydrogen-bond donors (Lipinski definition) is 2. The number of aromatic nitrogens is 1. The van der Waals surface area contributed by atoms with Gasteiger partial charge in [0.05, 0.1) is 17.8 Å². The number of nitrogens with zero attached hydrogens (tertiary/aromatic N) is 1. The Hall–Kier alpha value is -2.14. The Morgan fingerprint density at radius 2 is 2.26 bits per heavy atom. The molecule has 1 unspecified atom stereocenters. The summed E-state index contributed by atoms with van der Waals surface area (Å²) in [5.41, 5.74) is 0.883. The molecule has 0 fully saturated rings. The number of benzene rings is 1. The van der Waals surface area contributed by atoms with Crippen molar-refractivity contribution in [3.05, 3.63) is 36.5 Å². The third kappa shape index (κ3) is 3.93. The number of amides is 1. The molecule has 2 N–H and O–H groups in total. The molecule has 0 saturated carbocycles. The van der Waals surface area contributed by atoms with Crippen LogP contribution >= 0.6 is 0 Å². The molecule has 2 aromatic rings. The van der Waals surface area contributed by atoms with Crippen LogP contribution in [0.25, 0.3) is 10.9 Å². The number of rotatable bonds is 5. The van der Waals surface area contributed by atoms with E-state index in [9.17, 15) is 4.79 Å². The van der Waals surface area contributed by atoms with E-state index in [1.165, 1.54) is 0 Å². The van der Waals surface area contributed by atoms with Crippen molar-refractivity contribution in [1.82, 2.24) is 10.3 Å². The highest BCUT2D eigenvalue weighted by Gasteiger charge is 2.05. The van der Waals surface area contributed by atoms with Gasteiger partial charge in [-0.3, -0.25) is 9.78 Å². The molecule has 1 aromatic carbocycles. The van der Waals surface area contributed by atoms with E-state index >= 15 is 0 Å². The quantitative estimate of drug-likeness (QED) is 0.844. The fourth-order valence-corrected chi connectivity index (χ4v) is 1.59. The number of hydrogen-bond acceptors (Lipinski definition) is 4. The molecule has 100 valence electrons. The number of aliphatic hydroxyl groups is 1. The van der Waals surface area contributed by atoms with Crippen LogP contribution in [0.4, 0.5) is 0 Å².